The largest absolute Gasteiger partial charge is 0.276 e. The van der Waals surface area contributed by atoms with Crippen molar-refractivity contribution in [2.45, 2.75) is 0 Å². The lowest BCUT2D eigenvalue weighted by Crippen LogP contribution is -2.15. The van der Waals surface area contributed by atoms with Gasteiger partial charge in [0.15, 0.2) is 9.79 Å². The van der Waals surface area contributed by atoms with Gasteiger partial charge >= 0.3 is 0 Å². The zero-order valence-corrected chi connectivity index (χ0v) is 14.9. The molecule has 0 aliphatic rings. The van der Waals surface area contributed by atoms with E-state index in [1.165, 1.54) is 0 Å². The number of thiazole rings is 1. The van der Waals surface area contributed by atoms with Gasteiger partial charge < -0.3 is 0 Å². The van der Waals surface area contributed by atoms with Gasteiger partial charge in [0.2, 0.25) is 0 Å². The van der Waals surface area contributed by atoms with Crippen LogP contribution in [-0.4, -0.2) is 10.4 Å². The van der Waals surface area contributed by atoms with Crippen LogP contribution in [0.3, 0.4) is 0 Å². The minimum absolute atomic E-state index is 0.777. The van der Waals surface area contributed by atoms with Crippen molar-refractivity contribution in [2.24, 2.45) is 5.10 Å². The Labute approximate surface area is 154 Å². The van der Waals surface area contributed by atoms with E-state index in [0.717, 1.165) is 31.3 Å². The Hall–Kier alpha value is -2.76. The molecule has 4 rings (SSSR count). The van der Waals surface area contributed by atoms with Gasteiger partial charge in [-0.15, -0.1) is 11.3 Å². The van der Waals surface area contributed by atoms with Crippen LogP contribution in [0.4, 0.5) is 5.69 Å². The summed E-state index contributed by atoms with van der Waals surface area (Å²) in [5.41, 5.74) is 6.15. The maximum Gasteiger partial charge on any atom is 0.167 e. The number of hydrazone groups is 1. The van der Waals surface area contributed by atoms with Crippen LogP contribution in [0.2, 0.25) is 0 Å². The van der Waals surface area contributed by atoms with E-state index < -0.39 is 0 Å². The lowest BCUT2D eigenvalue weighted by atomic mass is 10.2. The Morgan fingerprint density at radius 1 is 0.840 bits per heavy atom. The molecule has 1 aromatic heterocycles. The zero-order chi connectivity index (χ0) is 17.1. The molecule has 0 saturated carbocycles. The number of rotatable bonds is 3. The number of aromatic nitrogens is 1. The quantitative estimate of drug-likeness (QED) is 0.218. The molecule has 0 amide bonds. The van der Waals surface area contributed by atoms with Crippen LogP contribution in [0.25, 0.3) is 10.2 Å². The number of benzene rings is 3. The fourth-order valence-electron chi connectivity index (χ4n) is 2.63. The van der Waals surface area contributed by atoms with Crippen LogP contribution in [0.5, 0.6) is 0 Å². The molecule has 3 nitrogen and oxygen atoms in total. The van der Waals surface area contributed by atoms with Gasteiger partial charge in [0.05, 0.1) is 15.9 Å². The highest BCUT2D eigenvalue weighted by molar-refractivity contribution is 7.73. The van der Waals surface area contributed by atoms with E-state index in [0.29, 0.717) is 0 Å². The summed E-state index contributed by atoms with van der Waals surface area (Å²) in [4.78, 5) is 0. The number of hydrogen-bond acceptors (Lipinski definition) is 4. The number of nitrogens with one attached hydrogen (secondary N) is 1. The molecule has 122 valence electrons. The van der Waals surface area contributed by atoms with Crippen LogP contribution in [-0.2, 0) is 0 Å². The minimum atomic E-state index is 0.777. The molecule has 1 N–H and O–H groups in total. The summed E-state index contributed by atoms with van der Waals surface area (Å²) in [6.07, 6.45) is 0. The van der Waals surface area contributed by atoms with Crippen molar-refractivity contribution in [1.82, 2.24) is 4.57 Å². The molecule has 0 saturated heterocycles. The number of nitrogens with zero attached hydrogens (tertiary/aromatic N) is 2. The van der Waals surface area contributed by atoms with Crippen molar-refractivity contribution in [3.05, 3.63) is 94.4 Å². The highest BCUT2D eigenvalue weighted by Crippen LogP contribution is 2.24. The molecule has 25 heavy (non-hydrogen) atoms. The van der Waals surface area contributed by atoms with Gasteiger partial charge in [-0.2, -0.15) is 5.10 Å². The average molecular weight is 361 g/mol. The van der Waals surface area contributed by atoms with Crippen LogP contribution in [0.1, 0.15) is 5.56 Å². The molecule has 1 heterocycles. The first-order chi connectivity index (χ1) is 12.3. The molecular formula is C20H15N3S2. The average Bonchev–Trinajstić information content (AvgIpc) is 3.00. The molecule has 0 aliphatic heterocycles. The van der Waals surface area contributed by atoms with E-state index >= 15 is 0 Å². The van der Waals surface area contributed by atoms with E-state index in [-0.39, 0.29) is 0 Å². The van der Waals surface area contributed by atoms with Crippen molar-refractivity contribution < 1.29 is 0 Å². The Morgan fingerprint density at radius 2 is 1.48 bits per heavy atom. The Morgan fingerprint density at radius 3 is 2.24 bits per heavy atom. The third kappa shape index (κ3) is 3.24. The van der Waals surface area contributed by atoms with Gasteiger partial charge in [0, 0.05) is 5.56 Å². The molecule has 0 unspecified atom stereocenters. The second-order valence-electron chi connectivity index (χ2n) is 5.45. The summed E-state index contributed by atoms with van der Waals surface area (Å²) >= 11 is 7.23. The van der Waals surface area contributed by atoms with Gasteiger partial charge in [-0.3, -0.25) is 9.99 Å². The first kappa shape index (κ1) is 15.7. The smallest absolute Gasteiger partial charge is 0.167 e. The van der Waals surface area contributed by atoms with Gasteiger partial charge in [0.25, 0.3) is 0 Å². The van der Waals surface area contributed by atoms with E-state index in [1.807, 2.05) is 77.4 Å². The highest BCUT2D eigenvalue weighted by Gasteiger charge is 2.12. The Bertz CT molecular complexity index is 1080. The Balaban J connectivity index is 1.88. The summed E-state index contributed by atoms with van der Waals surface area (Å²) in [7, 11) is 0. The van der Waals surface area contributed by atoms with Crippen molar-refractivity contribution in [1.29, 1.82) is 0 Å². The van der Waals surface area contributed by atoms with Crippen LogP contribution in [0, 0.1) is 3.95 Å². The first-order valence-electron chi connectivity index (χ1n) is 7.88. The number of anilines is 1. The lowest BCUT2D eigenvalue weighted by molar-refractivity contribution is 1.16. The van der Waals surface area contributed by atoms with Crippen LogP contribution in [0.15, 0.2) is 90.0 Å². The number of para-hydroxylation sites is 2. The van der Waals surface area contributed by atoms with Gasteiger partial charge in [-0.25, -0.2) is 0 Å². The van der Waals surface area contributed by atoms with E-state index in [2.05, 4.69) is 22.7 Å². The van der Waals surface area contributed by atoms with E-state index in [4.69, 9.17) is 12.2 Å². The molecule has 5 heteroatoms. The summed E-state index contributed by atoms with van der Waals surface area (Å²) in [6.45, 7) is 0. The monoisotopic (exact) mass is 361 g/mol. The second kappa shape index (κ2) is 7.01. The normalized spacial score (nSPS) is 11.6. The molecule has 0 atom stereocenters. The molecular weight excluding hydrogens is 346 g/mol. The molecule has 0 radical (unpaired) electrons. The molecule has 3 aromatic carbocycles. The van der Waals surface area contributed by atoms with Gasteiger partial charge in [0.1, 0.15) is 0 Å². The van der Waals surface area contributed by atoms with Crippen molar-refractivity contribution in [2.75, 3.05) is 5.43 Å². The van der Waals surface area contributed by atoms with Crippen molar-refractivity contribution in [3.63, 3.8) is 0 Å². The summed E-state index contributed by atoms with van der Waals surface area (Å²) in [5.74, 6) is 0.784. The van der Waals surface area contributed by atoms with Gasteiger partial charge in [-0.05, 0) is 36.5 Å². The third-order valence-electron chi connectivity index (χ3n) is 3.79. The van der Waals surface area contributed by atoms with Crippen LogP contribution < -0.4 is 5.43 Å². The standard InChI is InChI=1S/C20H15N3S2/c24-20-23(17-13-7-8-14-18(17)25-20)19(15-9-3-1-4-10-15)22-21-16-11-5-2-6-12-16/h1-14,21H/b22-19+. The molecule has 0 aliphatic carbocycles. The fraction of sp³-hybridized carbons (Fsp3) is 0. The number of hydrogen-bond donors (Lipinski definition) is 1. The van der Waals surface area contributed by atoms with Crippen molar-refractivity contribution in [3.8, 4) is 0 Å². The van der Waals surface area contributed by atoms with E-state index in [9.17, 15) is 0 Å². The maximum atomic E-state index is 5.63. The molecule has 0 fully saturated rings. The zero-order valence-electron chi connectivity index (χ0n) is 13.3. The van der Waals surface area contributed by atoms with Crippen LogP contribution >= 0.6 is 23.6 Å². The summed E-state index contributed by atoms with van der Waals surface area (Å²) in [6, 6.07) is 28.2. The highest BCUT2D eigenvalue weighted by atomic mass is 32.1. The summed E-state index contributed by atoms with van der Waals surface area (Å²) in [5, 5.41) is 4.69. The second-order valence-corrected chi connectivity index (χ2v) is 7.13. The molecule has 0 spiro atoms. The molecule has 0 bridgehead atoms. The fourth-order valence-corrected chi connectivity index (χ4v) is 3.96. The Kier molecular flexibility index (Phi) is 4.41. The molecule has 4 aromatic rings. The summed E-state index contributed by atoms with van der Waals surface area (Å²) < 4.78 is 3.95. The maximum absolute atomic E-state index is 5.63. The third-order valence-corrected chi connectivity index (χ3v) is 5.15. The predicted molar refractivity (Wildman–Crippen MR) is 109 cm³/mol. The van der Waals surface area contributed by atoms with Crippen molar-refractivity contribution >= 4 is 45.3 Å². The first-order valence-corrected chi connectivity index (χ1v) is 9.10. The SMILES string of the molecule is S=c1sc2ccccc2n1/C(=N/Nc1ccccc1)c1ccccc1. The lowest BCUT2D eigenvalue weighted by Gasteiger charge is -2.10. The minimum Gasteiger partial charge on any atom is -0.276 e. The van der Waals surface area contributed by atoms with E-state index in [1.54, 1.807) is 11.3 Å². The predicted octanol–water partition coefficient (Wildman–Crippen LogP) is 5.75. The van der Waals surface area contributed by atoms with Gasteiger partial charge in [-0.1, -0.05) is 60.7 Å². The topological polar surface area (TPSA) is 29.3 Å². The number of fused-ring (bicyclic) bond motifs is 1.